The molecule has 0 radical (unpaired) electrons. The Bertz CT molecular complexity index is 206. The van der Waals surface area contributed by atoms with Gasteiger partial charge in [0.15, 0.2) is 6.61 Å². The lowest BCUT2D eigenvalue weighted by Gasteiger charge is -2.14. The standard InChI is InChI=1S/C7H10N2O2/c10-6-5-11-7(8-6)9-3-1-2-4-9/h1-5H2. The first kappa shape index (κ1) is 6.64. The fourth-order valence-electron chi connectivity index (χ4n) is 1.37. The van der Waals surface area contributed by atoms with Crippen LogP contribution in [0.4, 0.5) is 0 Å². The smallest absolute Gasteiger partial charge is 0.295 e. The zero-order chi connectivity index (χ0) is 7.68. The third-order valence-electron chi connectivity index (χ3n) is 1.92. The Balaban J connectivity index is 2.04. The maximum atomic E-state index is 10.7. The average Bonchev–Trinajstić information content (AvgIpc) is 2.55. The Morgan fingerprint density at radius 1 is 1.36 bits per heavy atom. The summed E-state index contributed by atoms with van der Waals surface area (Å²) in [5, 5.41) is 0. The Hall–Kier alpha value is -1.06. The molecular weight excluding hydrogens is 144 g/mol. The first-order valence-electron chi connectivity index (χ1n) is 3.85. The number of likely N-dealkylation sites (tertiary alicyclic amines) is 1. The van der Waals surface area contributed by atoms with Crippen LogP contribution in [-0.2, 0) is 9.53 Å². The van der Waals surface area contributed by atoms with E-state index in [9.17, 15) is 4.79 Å². The molecule has 4 heteroatoms. The van der Waals surface area contributed by atoms with Crippen molar-refractivity contribution in [3.63, 3.8) is 0 Å². The first-order valence-corrected chi connectivity index (χ1v) is 3.85. The molecule has 2 rings (SSSR count). The molecule has 0 N–H and O–H groups in total. The molecule has 2 heterocycles. The van der Waals surface area contributed by atoms with Crippen LogP contribution in [-0.4, -0.2) is 36.5 Å². The van der Waals surface area contributed by atoms with Crippen molar-refractivity contribution in [1.82, 2.24) is 4.90 Å². The molecule has 1 amide bonds. The van der Waals surface area contributed by atoms with Gasteiger partial charge in [-0.3, -0.25) is 4.79 Å². The lowest BCUT2D eigenvalue weighted by Crippen LogP contribution is -2.27. The largest absolute Gasteiger partial charge is 0.455 e. The molecule has 60 valence electrons. The number of hydrogen-bond donors (Lipinski definition) is 0. The van der Waals surface area contributed by atoms with Crippen molar-refractivity contribution in [3.05, 3.63) is 0 Å². The average molecular weight is 154 g/mol. The molecule has 0 atom stereocenters. The summed E-state index contributed by atoms with van der Waals surface area (Å²) in [6.07, 6.45) is 2.35. The predicted octanol–water partition coefficient (Wildman–Crippen LogP) is -0.00500. The van der Waals surface area contributed by atoms with Gasteiger partial charge in [0.25, 0.3) is 11.9 Å². The highest BCUT2D eigenvalue weighted by Crippen LogP contribution is 2.11. The third-order valence-corrected chi connectivity index (χ3v) is 1.92. The zero-order valence-electron chi connectivity index (χ0n) is 6.25. The maximum absolute atomic E-state index is 10.7. The summed E-state index contributed by atoms with van der Waals surface area (Å²) in [5.41, 5.74) is 0. The van der Waals surface area contributed by atoms with Gasteiger partial charge in [-0.1, -0.05) is 0 Å². The topological polar surface area (TPSA) is 41.9 Å². The molecule has 0 spiro atoms. The Labute approximate surface area is 64.8 Å². The van der Waals surface area contributed by atoms with E-state index in [1.807, 2.05) is 4.90 Å². The molecule has 1 fully saturated rings. The fraction of sp³-hybridized carbons (Fsp3) is 0.714. The second kappa shape index (κ2) is 2.53. The summed E-state index contributed by atoms with van der Waals surface area (Å²) < 4.78 is 5.08. The number of rotatable bonds is 0. The maximum Gasteiger partial charge on any atom is 0.295 e. The number of nitrogens with zero attached hydrogens (tertiary/aromatic N) is 2. The van der Waals surface area contributed by atoms with Gasteiger partial charge in [-0.15, -0.1) is 0 Å². The van der Waals surface area contributed by atoms with Crippen molar-refractivity contribution in [2.75, 3.05) is 19.7 Å². The predicted molar refractivity (Wildman–Crippen MR) is 39.2 cm³/mol. The van der Waals surface area contributed by atoms with Gasteiger partial charge in [-0.2, -0.15) is 4.99 Å². The SMILES string of the molecule is O=C1COC(N2CCCC2)=N1. The van der Waals surface area contributed by atoms with E-state index in [4.69, 9.17) is 4.74 Å². The van der Waals surface area contributed by atoms with Gasteiger partial charge in [-0.25, -0.2) is 0 Å². The van der Waals surface area contributed by atoms with Crippen LogP contribution < -0.4 is 0 Å². The van der Waals surface area contributed by atoms with Crippen LogP contribution in [0.2, 0.25) is 0 Å². The van der Waals surface area contributed by atoms with E-state index in [0.717, 1.165) is 13.1 Å². The second-order valence-electron chi connectivity index (χ2n) is 2.77. The lowest BCUT2D eigenvalue weighted by molar-refractivity contribution is -0.118. The Morgan fingerprint density at radius 2 is 2.09 bits per heavy atom. The van der Waals surface area contributed by atoms with Gasteiger partial charge in [0.2, 0.25) is 0 Å². The second-order valence-corrected chi connectivity index (χ2v) is 2.77. The fourth-order valence-corrected chi connectivity index (χ4v) is 1.37. The van der Waals surface area contributed by atoms with Crippen LogP contribution in [0.1, 0.15) is 12.8 Å². The van der Waals surface area contributed by atoms with E-state index in [2.05, 4.69) is 4.99 Å². The zero-order valence-corrected chi connectivity index (χ0v) is 6.25. The summed E-state index contributed by atoms with van der Waals surface area (Å²) in [5.74, 6) is -0.160. The van der Waals surface area contributed by atoms with E-state index in [0.29, 0.717) is 6.02 Å². The normalized spacial score (nSPS) is 23.8. The monoisotopic (exact) mass is 154 g/mol. The van der Waals surface area contributed by atoms with Crippen LogP contribution >= 0.6 is 0 Å². The summed E-state index contributed by atoms with van der Waals surface area (Å²) in [6.45, 7) is 2.09. The number of aliphatic imine (C=N–C) groups is 1. The highest BCUT2D eigenvalue weighted by atomic mass is 16.5. The lowest BCUT2D eigenvalue weighted by atomic mass is 10.4. The van der Waals surface area contributed by atoms with Crippen LogP contribution in [0, 0.1) is 0 Å². The third kappa shape index (κ3) is 1.20. The molecule has 1 saturated heterocycles. The van der Waals surface area contributed by atoms with Gasteiger partial charge >= 0.3 is 0 Å². The molecular formula is C7H10N2O2. The number of amides is 1. The Kier molecular flexibility index (Phi) is 1.52. The van der Waals surface area contributed by atoms with Crippen molar-refractivity contribution < 1.29 is 9.53 Å². The van der Waals surface area contributed by atoms with Gasteiger partial charge < -0.3 is 9.64 Å². The molecule has 4 nitrogen and oxygen atoms in total. The van der Waals surface area contributed by atoms with E-state index in [-0.39, 0.29) is 12.5 Å². The van der Waals surface area contributed by atoms with Crippen LogP contribution in [0.5, 0.6) is 0 Å². The molecule has 0 saturated carbocycles. The van der Waals surface area contributed by atoms with Crippen molar-refractivity contribution in [2.45, 2.75) is 12.8 Å². The van der Waals surface area contributed by atoms with E-state index < -0.39 is 0 Å². The molecule has 0 bridgehead atoms. The number of hydrogen-bond acceptors (Lipinski definition) is 3. The first-order chi connectivity index (χ1) is 5.36. The van der Waals surface area contributed by atoms with Crippen LogP contribution in [0.15, 0.2) is 4.99 Å². The summed E-state index contributed by atoms with van der Waals surface area (Å²) in [6, 6.07) is 0.535. The number of carbonyl (C=O) groups excluding carboxylic acids is 1. The van der Waals surface area contributed by atoms with E-state index in [1.165, 1.54) is 12.8 Å². The number of carbonyl (C=O) groups is 1. The number of amidine groups is 1. The molecule has 11 heavy (non-hydrogen) atoms. The minimum Gasteiger partial charge on any atom is -0.455 e. The van der Waals surface area contributed by atoms with Crippen LogP contribution in [0.3, 0.4) is 0 Å². The quantitative estimate of drug-likeness (QED) is 0.493. The van der Waals surface area contributed by atoms with Gasteiger partial charge in [0, 0.05) is 13.1 Å². The van der Waals surface area contributed by atoms with Crippen molar-refractivity contribution in [3.8, 4) is 0 Å². The van der Waals surface area contributed by atoms with Gasteiger partial charge in [0.05, 0.1) is 0 Å². The molecule has 2 aliphatic heterocycles. The highest BCUT2D eigenvalue weighted by molar-refractivity contribution is 5.96. The van der Waals surface area contributed by atoms with Crippen molar-refractivity contribution in [2.24, 2.45) is 4.99 Å². The minimum absolute atomic E-state index is 0.131. The van der Waals surface area contributed by atoms with E-state index >= 15 is 0 Å². The molecule has 2 aliphatic rings. The Morgan fingerprint density at radius 3 is 2.64 bits per heavy atom. The minimum atomic E-state index is -0.160. The molecule has 0 aromatic heterocycles. The molecule has 0 aliphatic carbocycles. The highest BCUT2D eigenvalue weighted by Gasteiger charge is 2.23. The number of ether oxygens (including phenoxy) is 1. The molecule has 0 aromatic carbocycles. The summed E-state index contributed by atoms with van der Waals surface area (Å²) in [7, 11) is 0. The summed E-state index contributed by atoms with van der Waals surface area (Å²) in [4.78, 5) is 16.4. The van der Waals surface area contributed by atoms with Gasteiger partial charge in [-0.05, 0) is 12.8 Å². The van der Waals surface area contributed by atoms with Crippen molar-refractivity contribution in [1.29, 1.82) is 0 Å². The molecule has 0 aromatic rings. The molecule has 0 unspecified atom stereocenters. The summed E-state index contributed by atoms with van der Waals surface area (Å²) >= 11 is 0. The van der Waals surface area contributed by atoms with Crippen molar-refractivity contribution >= 4 is 11.9 Å². The van der Waals surface area contributed by atoms with Crippen LogP contribution in [0.25, 0.3) is 0 Å². The van der Waals surface area contributed by atoms with E-state index in [1.54, 1.807) is 0 Å². The van der Waals surface area contributed by atoms with Gasteiger partial charge in [0.1, 0.15) is 0 Å².